The van der Waals surface area contributed by atoms with Crippen molar-refractivity contribution in [3.05, 3.63) is 0 Å². The highest BCUT2D eigenvalue weighted by Gasteiger charge is 2.19. The summed E-state index contributed by atoms with van der Waals surface area (Å²) < 4.78 is 0. The van der Waals surface area contributed by atoms with Gasteiger partial charge in [-0.25, -0.2) is 0 Å². The number of hydrogen-bond donors (Lipinski definition) is 1. The summed E-state index contributed by atoms with van der Waals surface area (Å²) in [5.74, 6) is 0.783. The zero-order valence-electron chi connectivity index (χ0n) is 9.49. The van der Waals surface area contributed by atoms with E-state index in [2.05, 4.69) is 25.8 Å². The first-order valence-electron chi connectivity index (χ1n) is 5.61. The minimum Gasteiger partial charge on any atom is -0.379 e. The number of rotatable bonds is 2. The van der Waals surface area contributed by atoms with Gasteiger partial charge in [-0.05, 0) is 25.2 Å². The first kappa shape index (κ1) is 11.9. The Morgan fingerprint density at radius 1 is 1.43 bits per heavy atom. The Balaban J connectivity index is 2.63. The van der Waals surface area contributed by atoms with Gasteiger partial charge in [0.25, 0.3) is 0 Å². The molecule has 1 aliphatic rings. The van der Waals surface area contributed by atoms with Crippen molar-refractivity contribution in [3.8, 4) is 0 Å². The molecule has 2 nitrogen and oxygen atoms in total. The maximum atomic E-state index is 5.87. The first-order chi connectivity index (χ1) is 6.61. The Labute approximate surface area is 91.7 Å². The maximum absolute atomic E-state index is 5.87. The first-order valence-corrected chi connectivity index (χ1v) is 6.49. The second-order valence-electron chi connectivity index (χ2n) is 4.41. The lowest BCUT2D eigenvalue weighted by Gasteiger charge is -2.24. The van der Waals surface area contributed by atoms with Crippen molar-refractivity contribution in [2.75, 3.05) is 0 Å². The van der Waals surface area contributed by atoms with Gasteiger partial charge in [-0.3, -0.25) is 4.99 Å². The van der Waals surface area contributed by atoms with Crippen LogP contribution in [0.1, 0.15) is 46.5 Å². The molecule has 0 saturated carbocycles. The van der Waals surface area contributed by atoms with Crippen LogP contribution in [0.3, 0.4) is 0 Å². The van der Waals surface area contributed by atoms with Crippen molar-refractivity contribution in [3.63, 3.8) is 0 Å². The summed E-state index contributed by atoms with van der Waals surface area (Å²) in [6, 6.07) is 0.468. The smallest absolute Gasteiger partial charge is 0.154 e. The molecular weight excluding hydrogens is 192 g/mol. The Hall–Kier alpha value is -0.180. The summed E-state index contributed by atoms with van der Waals surface area (Å²) in [7, 11) is 0. The molecule has 0 saturated heterocycles. The van der Waals surface area contributed by atoms with E-state index in [1.54, 1.807) is 11.8 Å². The van der Waals surface area contributed by atoms with E-state index in [9.17, 15) is 0 Å². The molecule has 0 aromatic rings. The van der Waals surface area contributed by atoms with Crippen LogP contribution in [0, 0.1) is 5.92 Å². The van der Waals surface area contributed by atoms with Crippen LogP contribution in [0.25, 0.3) is 0 Å². The maximum Gasteiger partial charge on any atom is 0.154 e. The molecule has 3 unspecified atom stereocenters. The van der Waals surface area contributed by atoms with Gasteiger partial charge in [-0.2, -0.15) is 0 Å². The van der Waals surface area contributed by atoms with Gasteiger partial charge in [0.15, 0.2) is 5.17 Å². The fourth-order valence-corrected chi connectivity index (χ4v) is 3.21. The third-order valence-electron chi connectivity index (χ3n) is 2.66. The zero-order valence-corrected chi connectivity index (χ0v) is 10.3. The van der Waals surface area contributed by atoms with Gasteiger partial charge in [0.1, 0.15) is 0 Å². The third kappa shape index (κ3) is 3.91. The molecule has 1 rings (SSSR count). The lowest BCUT2D eigenvalue weighted by Crippen LogP contribution is -2.23. The lowest BCUT2D eigenvalue weighted by molar-refractivity contribution is 0.421. The van der Waals surface area contributed by atoms with Crippen LogP contribution in [-0.4, -0.2) is 16.5 Å². The van der Waals surface area contributed by atoms with Crippen molar-refractivity contribution >= 4 is 16.9 Å². The molecular formula is C11H22N2S. The Morgan fingerprint density at radius 3 is 2.79 bits per heavy atom. The molecule has 82 valence electrons. The van der Waals surface area contributed by atoms with Crippen molar-refractivity contribution < 1.29 is 0 Å². The molecule has 0 bridgehead atoms. The highest BCUT2D eigenvalue weighted by atomic mass is 32.2. The van der Waals surface area contributed by atoms with Crippen LogP contribution in [0.15, 0.2) is 4.99 Å². The SMILES string of the molecule is CCCC1CC(C)CC(C)SC(N)=N1. The average molecular weight is 214 g/mol. The molecule has 1 heterocycles. The number of hydrogen-bond acceptors (Lipinski definition) is 3. The molecule has 2 N–H and O–H groups in total. The third-order valence-corrected chi connectivity index (χ3v) is 3.60. The summed E-state index contributed by atoms with van der Waals surface area (Å²) in [6.45, 7) is 6.78. The normalized spacial score (nSPS) is 34.5. The van der Waals surface area contributed by atoms with Crippen molar-refractivity contribution in [2.45, 2.75) is 57.7 Å². The summed E-state index contributed by atoms with van der Waals surface area (Å²) in [6.07, 6.45) is 4.86. The standard InChI is InChI=1S/C11H22N2S/c1-4-5-10-7-8(2)6-9(3)14-11(12)13-10/h8-10H,4-7H2,1-3H3,(H2,12,13). The fourth-order valence-electron chi connectivity index (χ4n) is 2.16. The van der Waals surface area contributed by atoms with E-state index in [-0.39, 0.29) is 0 Å². The Kier molecular flexibility index (Phi) is 4.79. The van der Waals surface area contributed by atoms with E-state index in [1.165, 1.54) is 25.7 Å². The molecule has 0 aromatic carbocycles. The van der Waals surface area contributed by atoms with Gasteiger partial charge in [0.2, 0.25) is 0 Å². The van der Waals surface area contributed by atoms with E-state index in [0.717, 1.165) is 11.1 Å². The number of thioether (sulfide) groups is 1. The predicted octanol–water partition coefficient (Wildman–Crippen LogP) is 3.02. The zero-order chi connectivity index (χ0) is 10.6. The topological polar surface area (TPSA) is 38.4 Å². The second-order valence-corrected chi connectivity index (χ2v) is 5.87. The highest BCUT2D eigenvalue weighted by molar-refractivity contribution is 8.14. The molecule has 0 spiro atoms. The van der Waals surface area contributed by atoms with Gasteiger partial charge in [-0.1, -0.05) is 39.0 Å². The van der Waals surface area contributed by atoms with E-state index < -0.39 is 0 Å². The van der Waals surface area contributed by atoms with Gasteiger partial charge < -0.3 is 5.73 Å². The van der Waals surface area contributed by atoms with Crippen LogP contribution in [0.4, 0.5) is 0 Å². The minimum absolute atomic E-state index is 0.468. The molecule has 3 atom stereocenters. The molecule has 0 fully saturated rings. The van der Waals surface area contributed by atoms with Gasteiger partial charge >= 0.3 is 0 Å². The summed E-state index contributed by atoms with van der Waals surface area (Å²) in [5, 5.41) is 1.42. The molecule has 0 radical (unpaired) electrons. The van der Waals surface area contributed by atoms with Crippen molar-refractivity contribution in [2.24, 2.45) is 16.6 Å². The number of amidine groups is 1. The number of nitrogens with two attached hydrogens (primary N) is 1. The summed E-state index contributed by atoms with van der Waals surface area (Å²) in [5.41, 5.74) is 5.87. The van der Waals surface area contributed by atoms with E-state index in [0.29, 0.717) is 11.3 Å². The molecule has 0 aromatic heterocycles. The average Bonchev–Trinajstić information content (AvgIpc) is 2.00. The van der Waals surface area contributed by atoms with Crippen LogP contribution in [0.2, 0.25) is 0 Å². The van der Waals surface area contributed by atoms with E-state index in [1.807, 2.05) is 0 Å². The van der Waals surface area contributed by atoms with Gasteiger partial charge in [0.05, 0.1) is 6.04 Å². The second kappa shape index (κ2) is 5.64. The molecule has 14 heavy (non-hydrogen) atoms. The quantitative estimate of drug-likeness (QED) is 0.767. The van der Waals surface area contributed by atoms with Crippen molar-refractivity contribution in [1.82, 2.24) is 0 Å². The van der Waals surface area contributed by atoms with Gasteiger partial charge in [-0.15, -0.1) is 0 Å². The Morgan fingerprint density at radius 2 is 2.14 bits per heavy atom. The lowest BCUT2D eigenvalue weighted by atomic mass is 9.95. The summed E-state index contributed by atoms with van der Waals surface area (Å²) >= 11 is 1.74. The molecule has 0 aliphatic carbocycles. The van der Waals surface area contributed by atoms with Crippen molar-refractivity contribution in [1.29, 1.82) is 0 Å². The van der Waals surface area contributed by atoms with Crippen LogP contribution < -0.4 is 5.73 Å². The Bertz CT molecular complexity index is 203. The number of nitrogens with zero attached hydrogens (tertiary/aromatic N) is 1. The van der Waals surface area contributed by atoms with Crippen LogP contribution >= 0.6 is 11.8 Å². The molecule has 3 heteroatoms. The minimum atomic E-state index is 0.468. The number of aliphatic imine (C=N–C) groups is 1. The van der Waals surface area contributed by atoms with Gasteiger partial charge in [0, 0.05) is 5.25 Å². The molecule has 0 amide bonds. The fraction of sp³-hybridized carbons (Fsp3) is 0.909. The highest BCUT2D eigenvalue weighted by Crippen LogP contribution is 2.27. The largest absolute Gasteiger partial charge is 0.379 e. The molecule has 1 aliphatic heterocycles. The van der Waals surface area contributed by atoms with E-state index in [4.69, 9.17) is 5.73 Å². The predicted molar refractivity (Wildman–Crippen MR) is 65.8 cm³/mol. The monoisotopic (exact) mass is 214 g/mol. The summed E-state index contributed by atoms with van der Waals surface area (Å²) in [4.78, 5) is 4.58. The van der Waals surface area contributed by atoms with Crippen LogP contribution in [0.5, 0.6) is 0 Å². The van der Waals surface area contributed by atoms with Crippen LogP contribution in [-0.2, 0) is 0 Å². The van der Waals surface area contributed by atoms with E-state index >= 15 is 0 Å².